The SMILES string of the molecule is CCNC(=O)C1COCCN1C(=O)C1(N)CCCC(C)C1. The molecule has 2 fully saturated rings. The molecule has 0 aromatic rings. The van der Waals surface area contributed by atoms with Crippen LogP contribution in [0.15, 0.2) is 0 Å². The summed E-state index contributed by atoms with van der Waals surface area (Å²) < 4.78 is 5.38. The molecule has 3 atom stereocenters. The molecule has 3 N–H and O–H groups in total. The first-order valence-corrected chi connectivity index (χ1v) is 7.93. The van der Waals surface area contributed by atoms with Gasteiger partial charge in [-0.2, -0.15) is 0 Å². The van der Waals surface area contributed by atoms with Crippen LogP contribution in [-0.4, -0.2) is 54.6 Å². The summed E-state index contributed by atoms with van der Waals surface area (Å²) in [6, 6.07) is -0.552. The second-order valence-corrected chi connectivity index (χ2v) is 6.34. The van der Waals surface area contributed by atoms with Crippen LogP contribution in [0.25, 0.3) is 0 Å². The molecule has 1 aliphatic heterocycles. The molecule has 0 bridgehead atoms. The highest BCUT2D eigenvalue weighted by Gasteiger charge is 2.44. The highest BCUT2D eigenvalue weighted by molar-refractivity contribution is 5.92. The van der Waals surface area contributed by atoms with Crippen molar-refractivity contribution in [3.8, 4) is 0 Å². The molecule has 0 radical (unpaired) electrons. The molecule has 2 aliphatic rings. The van der Waals surface area contributed by atoms with Gasteiger partial charge in [0.1, 0.15) is 6.04 Å². The number of carbonyl (C=O) groups excluding carboxylic acids is 2. The van der Waals surface area contributed by atoms with Crippen molar-refractivity contribution in [3.05, 3.63) is 0 Å². The molecule has 6 nitrogen and oxygen atoms in total. The summed E-state index contributed by atoms with van der Waals surface area (Å²) in [7, 11) is 0. The number of likely N-dealkylation sites (N-methyl/N-ethyl adjacent to an activating group) is 1. The van der Waals surface area contributed by atoms with Crippen LogP contribution in [0.3, 0.4) is 0 Å². The lowest BCUT2D eigenvalue weighted by atomic mass is 9.76. The lowest BCUT2D eigenvalue weighted by Gasteiger charge is -2.43. The van der Waals surface area contributed by atoms with Crippen LogP contribution in [0.2, 0.25) is 0 Å². The number of nitrogens with zero attached hydrogens (tertiary/aromatic N) is 1. The fourth-order valence-corrected chi connectivity index (χ4v) is 3.43. The number of hydrogen-bond donors (Lipinski definition) is 2. The van der Waals surface area contributed by atoms with E-state index >= 15 is 0 Å². The van der Waals surface area contributed by atoms with E-state index in [-0.39, 0.29) is 18.4 Å². The summed E-state index contributed by atoms with van der Waals surface area (Å²) in [5.74, 6) is 0.211. The Balaban J connectivity index is 2.12. The monoisotopic (exact) mass is 297 g/mol. The number of carbonyl (C=O) groups is 2. The van der Waals surface area contributed by atoms with Gasteiger partial charge in [-0.25, -0.2) is 0 Å². The Labute approximate surface area is 126 Å². The van der Waals surface area contributed by atoms with Crippen LogP contribution in [0.4, 0.5) is 0 Å². The van der Waals surface area contributed by atoms with Crippen LogP contribution in [-0.2, 0) is 14.3 Å². The summed E-state index contributed by atoms with van der Waals surface area (Å²) in [5.41, 5.74) is 5.58. The Bertz CT molecular complexity index is 402. The molecule has 3 unspecified atom stereocenters. The fourth-order valence-electron chi connectivity index (χ4n) is 3.43. The van der Waals surface area contributed by atoms with Gasteiger partial charge >= 0.3 is 0 Å². The molecule has 1 aliphatic carbocycles. The van der Waals surface area contributed by atoms with Gasteiger partial charge in [-0.05, 0) is 25.7 Å². The van der Waals surface area contributed by atoms with Crippen LogP contribution in [0.1, 0.15) is 39.5 Å². The van der Waals surface area contributed by atoms with Gasteiger partial charge in [0.15, 0.2) is 0 Å². The number of ether oxygens (including phenoxy) is 1. The van der Waals surface area contributed by atoms with Crippen molar-refractivity contribution in [2.45, 2.75) is 51.1 Å². The van der Waals surface area contributed by atoms with Crippen LogP contribution in [0, 0.1) is 5.92 Å². The van der Waals surface area contributed by atoms with Crippen molar-refractivity contribution < 1.29 is 14.3 Å². The predicted molar refractivity (Wildman–Crippen MR) is 79.6 cm³/mol. The topological polar surface area (TPSA) is 84.7 Å². The van der Waals surface area contributed by atoms with E-state index in [0.29, 0.717) is 38.5 Å². The van der Waals surface area contributed by atoms with Crippen LogP contribution >= 0.6 is 0 Å². The van der Waals surface area contributed by atoms with Gasteiger partial charge in [0.25, 0.3) is 0 Å². The zero-order chi connectivity index (χ0) is 15.5. The molecular formula is C15H27N3O3. The molecule has 1 heterocycles. The number of nitrogens with two attached hydrogens (primary N) is 1. The first-order valence-electron chi connectivity index (χ1n) is 7.93. The summed E-state index contributed by atoms with van der Waals surface area (Å²) in [5, 5.41) is 2.77. The quantitative estimate of drug-likeness (QED) is 0.782. The Morgan fingerprint density at radius 1 is 1.48 bits per heavy atom. The number of amides is 2. The first kappa shape index (κ1) is 16.2. The molecule has 2 rings (SSSR count). The molecule has 2 amide bonds. The highest BCUT2D eigenvalue weighted by Crippen LogP contribution is 2.32. The van der Waals surface area contributed by atoms with E-state index in [1.165, 1.54) is 0 Å². The Kier molecular flexibility index (Phi) is 5.22. The molecule has 0 spiro atoms. The van der Waals surface area contributed by atoms with E-state index in [4.69, 9.17) is 10.5 Å². The lowest BCUT2D eigenvalue weighted by molar-refractivity contribution is -0.154. The van der Waals surface area contributed by atoms with Gasteiger partial charge < -0.3 is 20.7 Å². The summed E-state index contributed by atoms with van der Waals surface area (Å²) in [4.78, 5) is 26.7. The minimum atomic E-state index is -0.820. The highest BCUT2D eigenvalue weighted by atomic mass is 16.5. The summed E-state index contributed by atoms with van der Waals surface area (Å²) >= 11 is 0. The first-order chi connectivity index (χ1) is 9.98. The van der Waals surface area contributed by atoms with Crippen LogP contribution in [0.5, 0.6) is 0 Å². The van der Waals surface area contributed by atoms with E-state index in [2.05, 4.69) is 12.2 Å². The van der Waals surface area contributed by atoms with E-state index in [0.717, 1.165) is 12.8 Å². The van der Waals surface area contributed by atoms with E-state index in [9.17, 15) is 9.59 Å². The van der Waals surface area contributed by atoms with Crippen molar-refractivity contribution in [1.82, 2.24) is 10.2 Å². The van der Waals surface area contributed by atoms with E-state index < -0.39 is 11.6 Å². The Morgan fingerprint density at radius 2 is 2.24 bits per heavy atom. The average molecular weight is 297 g/mol. The molecule has 1 saturated carbocycles. The van der Waals surface area contributed by atoms with E-state index in [1.54, 1.807) is 4.90 Å². The molecule has 1 saturated heterocycles. The van der Waals surface area contributed by atoms with Crippen molar-refractivity contribution >= 4 is 11.8 Å². The molecule has 6 heteroatoms. The maximum Gasteiger partial charge on any atom is 0.245 e. The maximum absolute atomic E-state index is 12.9. The van der Waals surface area contributed by atoms with Gasteiger partial charge in [0, 0.05) is 13.1 Å². The minimum Gasteiger partial charge on any atom is -0.377 e. The predicted octanol–water partition coefficient (Wildman–Crippen LogP) is 0.258. The zero-order valence-corrected chi connectivity index (χ0v) is 13.1. The molecule has 120 valence electrons. The third kappa shape index (κ3) is 3.55. The summed E-state index contributed by atoms with van der Waals surface area (Å²) in [6.07, 6.45) is 3.50. The Hall–Kier alpha value is -1.14. The van der Waals surface area contributed by atoms with Gasteiger partial charge in [-0.3, -0.25) is 9.59 Å². The normalized spacial score (nSPS) is 33.6. The van der Waals surface area contributed by atoms with Crippen molar-refractivity contribution in [2.75, 3.05) is 26.3 Å². The largest absolute Gasteiger partial charge is 0.377 e. The third-order valence-corrected chi connectivity index (χ3v) is 4.50. The maximum atomic E-state index is 12.9. The smallest absolute Gasteiger partial charge is 0.245 e. The van der Waals surface area contributed by atoms with Crippen molar-refractivity contribution in [3.63, 3.8) is 0 Å². The summed E-state index contributed by atoms with van der Waals surface area (Å²) in [6.45, 7) is 5.70. The molecule has 0 aromatic carbocycles. The minimum absolute atomic E-state index is 0.0893. The van der Waals surface area contributed by atoms with Gasteiger partial charge in [0.2, 0.25) is 11.8 Å². The zero-order valence-electron chi connectivity index (χ0n) is 13.1. The standard InChI is InChI=1S/C15H27N3O3/c1-3-17-13(19)12-10-21-8-7-18(12)14(20)15(16)6-4-5-11(2)9-15/h11-12H,3-10,16H2,1-2H3,(H,17,19). The lowest BCUT2D eigenvalue weighted by Crippen LogP contribution is -2.64. The fraction of sp³-hybridized carbons (Fsp3) is 0.867. The second-order valence-electron chi connectivity index (χ2n) is 6.34. The van der Waals surface area contributed by atoms with E-state index in [1.807, 2.05) is 6.92 Å². The molecule has 0 aromatic heterocycles. The number of hydrogen-bond acceptors (Lipinski definition) is 4. The van der Waals surface area contributed by atoms with Gasteiger partial charge in [-0.15, -0.1) is 0 Å². The number of nitrogens with one attached hydrogen (secondary N) is 1. The molecule has 21 heavy (non-hydrogen) atoms. The van der Waals surface area contributed by atoms with Crippen LogP contribution < -0.4 is 11.1 Å². The van der Waals surface area contributed by atoms with Gasteiger partial charge in [0.05, 0.1) is 18.8 Å². The second kappa shape index (κ2) is 6.75. The van der Waals surface area contributed by atoms with Gasteiger partial charge in [-0.1, -0.05) is 19.8 Å². The molecular weight excluding hydrogens is 270 g/mol. The Morgan fingerprint density at radius 3 is 2.90 bits per heavy atom. The van der Waals surface area contributed by atoms with Crippen molar-refractivity contribution in [1.29, 1.82) is 0 Å². The average Bonchev–Trinajstić information content (AvgIpc) is 2.46. The third-order valence-electron chi connectivity index (χ3n) is 4.50. The number of morpholine rings is 1. The number of rotatable bonds is 3. The van der Waals surface area contributed by atoms with Crippen molar-refractivity contribution in [2.24, 2.45) is 11.7 Å².